The zero-order chi connectivity index (χ0) is 23.8. The van der Waals surface area contributed by atoms with E-state index in [1.165, 1.54) is 21.3 Å². The summed E-state index contributed by atoms with van der Waals surface area (Å²) in [6.07, 6.45) is -3.25. The fourth-order valence-corrected chi connectivity index (χ4v) is 3.75. The Labute approximate surface area is 193 Å². The molecule has 0 saturated carbocycles. The third-order valence-corrected chi connectivity index (χ3v) is 5.40. The monoisotopic (exact) mass is 462 g/mol. The first-order chi connectivity index (χ1) is 16.1. The number of rotatable bonds is 10. The van der Waals surface area contributed by atoms with Gasteiger partial charge in [-0.1, -0.05) is 18.2 Å². The second kappa shape index (κ2) is 11.9. The minimum Gasteiger partial charge on any atom is -0.493 e. The number of hydrogen-bond donors (Lipinski definition) is 0. The Morgan fingerprint density at radius 3 is 2.09 bits per heavy atom. The van der Waals surface area contributed by atoms with E-state index >= 15 is 0 Å². The Morgan fingerprint density at radius 2 is 1.48 bits per heavy atom. The molecule has 0 N–H and O–H groups in total. The van der Waals surface area contributed by atoms with E-state index in [2.05, 4.69) is 0 Å². The van der Waals surface area contributed by atoms with Crippen LogP contribution in [0.1, 0.15) is 10.4 Å². The van der Waals surface area contributed by atoms with Crippen molar-refractivity contribution in [1.29, 1.82) is 0 Å². The molecule has 9 nitrogen and oxygen atoms in total. The minimum atomic E-state index is -0.870. The molecule has 9 heteroatoms. The van der Waals surface area contributed by atoms with Crippen LogP contribution in [0.25, 0.3) is 0 Å². The van der Waals surface area contributed by atoms with Crippen molar-refractivity contribution in [2.24, 2.45) is 0 Å². The molecule has 0 bridgehead atoms. The van der Waals surface area contributed by atoms with Gasteiger partial charge < -0.3 is 37.9 Å². The van der Waals surface area contributed by atoms with Crippen LogP contribution in [-0.4, -0.2) is 78.8 Å². The van der Waals surface area contributed by atoms with Crippen LogP contribution in [0.2, 0.25) is 0 Å². The van der Waals surface area contributed by atoms with E-state index in [0.717, 1.165) is 0 Å². The summed E-state index contributed by atoms with van der Waals surface area (Å²) in [4.78, 5) is 12.4. The van der Waals surface area contributed by atoms with Crippen LogP contribution in [0.15, 0.2) is 48.5 Å². The quantitative estimate of drug-likeness (QED) is 0.494. The van der Waals surface area contributed by atoms with Crippen molar-refractivity contribution in [3.05, 3.63) is 54.1 Å². The number of carbonyl (C=O) groups excluding carboxylic acids is 1. The molecule has 1 fully saturated rings. The van der Waals surface area contributed by atoms with Gasteiger partial charge in [0.05, 0.1) is 19.8 Å². The minimum absolute atomic E-state index is 0.0612. The molecule has 2 aromatic rings. The highest BCUT2D eigenvalue weighted by Crippen LogP contribution is 2.34. The van der Waals surface area contributed by atoms with E-state index in [-0.39, 0.29) is 6.61 Å². The molecule has 0 amide bonds. The molecular weight excluding hydrogens is 432 g/mol. The second-order valence-electron chi connectivity index (χ2n) is 7.24. The molecule has 2 aromatic carbocycles. The number of benzene rings is 2. The number of hydrogen-bond acceptors (Lipinski definition) is 9. The average Bonchev–Trinajstić information content (AvgIpc) is 2.86. The number of esters is 1. The lowest BCUT2D eigenvalue weighted by atomic mass is 9.98. The molecule has 0 aromatic heterocycles. The van der Waals surface area contributed by atoms with Crippen molar-refractivity contribution in [2.75, 3.05) is 42.2 Å². The molecule has 0 radical (unpaired) electrons. The third-order valence-electron chi connectivity index (χ3n) is 5.40. The fraction of sp³-hybridized carbons (Fsp3) is 0.458. The van der Waals surface area contributed by atoms with Crippen LogP contribution < -0.4 is 14.2 Å². The Kier molecular flexibility index (Phi) is 8.90. The van der Waals surface area contributed by atoms with Crippen molar-refractivity contribution in [3.63, 3.8) is 0 Å². The van der Waals surface area contributed by atoms with Crippen LogP contribution in [0.4, 0.5) is 0 Å². The van der Waals surface area contributed by atoms with Gasteiger partial charge in [0, 0.05) is 27.4 Å². The van der Waals surface area contributed by atoms with Crippen molar-refractivity contribution in [2.45, 2.75) is 30.7 Å². The molecule has 1 aliphatic rings. The van der Waals surface area contributed by atoms with E-state index < -0.39 is 36.7 Å². The zero-order valence-electron chi connectivity index (χ0n) is 19.4. The first kappa shape index (κ1) is 24.8. The van der Waals surface area contributed by atoms with E-state index in [1.54, 1.807) is 56.7 Å². The van der Waals surface area contributed by atoms with Gasteiger partial charge in [-0.05, 0) is 24.3 Å². The molecule has 0 unspecified atom stereocenters. The lowest BCUT2D eigenvalue weighted by Gasteiger charge is -2.44. The molecule has 0 spiro atoms. The standard InChI is InChI=1S/C24H30O9/c1-26-17-12-11-16(13-18(17)27-2)32-24-22(30-5)21(29-4)20(28-3)19(33-24)14-31-23(25)15-9-7-6-8-10-15/h6-13,19-22,24H,14H2,1-5H3/t19-,20-,21+,22-,24-/m1/s1. The zero-order valence-corrected chi connectivity index (χ0v) is 19.4. The summed E-state index contributed by atoms with van der Waals surface area (Å²) in [6.45, 7) is -0.0612. The molecule has 33 heavy (non-hydrogen) atoms. The van der Waals surface area contributed by atoms with Crippen LogP contribution in [0.5, 0.6) is 17.2 Å². The maximum Gasteiger partial charge on any atom is 0.338 e. The molecule has 3 rings (SSSR count). The summed E-state index contributed by atoms with van der Waals surface area (Å²) in [5, 5.41) is 0. The van der Waals surface area contributed by atoms with Crippen LogP contribution in [0.3, 0.4) is 0 Å². The molecule has 1 saturated heterocycles. The number of methoxy groups -OCH3 is 5. The second-order valence-corrected chi connectivity index (χ2v) is 7.24. The predicted molar refractivity (Wildman–Crippen MR) is 118 cm³/mol. The van der Waals surface area contributed by atoms with Gasteiger partial charge in [-0.2, -0.15) is 0 Å². The van der Waals surface area contributed by atoms with Crippen LogP contribution >= 0.6 is 0 Å². The maximum absolute atomic E-state index is 12.4. The van der Waals surface area contributed by atoms with Gasteiger partial charge in [-0.25, -0.2) is 4.79 Å². The number of ether oxygens (including phenoxy) is 8. The fourth-order valence-electron chi connectivity index (χ4n) is 3.75. The Bertz CT molecular complexity index is 889. The topological polar surface area (TPSA) is 90.9 Å². The lowest BCUT2D eigenvalue weighted by Crippen LogP contribution is -2.62. The normalized spacial score (nSPS) is 24.7. The molecule has 180 valence electrons. The number of carbonyl (C=O) groups is 1. The largest absolute Gasteiger partial charge is 0.493 e. The van der Waals surface area contributed by atoms with E-state index in [0.29, 0.717) is 22.8 Å². The summed E-state index contributed by atoms with van der Waals surface area (Å²) in [5.74, 6) is 1.09. The third kappa shape index (κ3) is 5.75. The Hall–Kier alpha value is -2.85. The summed E-state index contributed by atoms with van der Waals surface area (Å²) < 4.78 is 45.3. The highest BCUT2D eigenvalue weighted by molar-refractivity contribution is 5.89. The van der Waals surface area contributed by atoms with Gasteiger partial charge in [0.25, 0.3) is 0 Å². The first-order valence-corrected chi connectivity index (χ1v) is 10.4. The van der Waals surface area contributed by atoms with Crippen molar-refractivity contribution in [1.82, 2.24) is 0 Å². The average molecular weight is 462 g/mol. The van der Waals surface area contributed by atoms with E-state index in [1.807, 2.05) is 6.07 Å². The van der Waals surface area contributed by atoms with E-state index in [4.69, 9.17) is 37.9 Å². The Morgan fingerprint density at radius 1 is 0.818 bits per heavy atom. The summed E-state index contributed by atoms with van der Waals surface area (Å²) in [6, 6.07) is 13.9. The molecule has 5 atom stereocenters. The van der Waals surface area contributed by atoms with Gasteiger partial charge in [-0.15, -0.1) is 0 Å². The smallest absolute Gasteiger partial charge is 0.338 e. The SMILES string of the molecule is COc1ccc(O[C@@H]2O[C@H](COC(=O)c3ccccc3)[C@@H](OC)[C@H](OC)[C@H]2OC)cc1OC. The first-order valence-electron chi connectivity index (χ1n) is 10.4. The highest BCUT2D eigenvalue weighted by atomic mass is 16.7. The predicted octanol–water partition coefficient (Wildman–Crippen LogP) is 2.71. The molecule has 1 heterocycles. The van der Waals surface area contributed by atoms with Crippen LogP contribution in [0, 0.1) is 0 Å². The Balaban J connectivity index is 1.78. The maximum atomic E-state index is 12.4. The van der Waals surface area contributed by atoms with E-state index in [9.17, 15) is 4.79 Å². The van der Waals surface area contributed by atoms with Gasteiger partial charge in [0.2, 0.25) is 6.29 Å². The summed E-state index contributed by atoms with van der Waals surface area (Å²) >= 11 is 0. The van der Waals surface area contributed by atoms with Crippen molar-refractivity contribution in [3.8, 4) is 17.2 Å². The molecular formula is C24H30O9. The molecule has 0 aliphatic carbocycles. The van der Waals surface area contributed by atoms with Gasteiger partial charge in [0.15, 0.2) is 11.5 Å². The lowest BCUT2D eigenvalue weighted by molar-refractivity contribution is -0.291. The van der Waals surface area contributed by atoms with Crippen molar-refractivity contribution < 1.29 is 42.7 Å². The summed E-state index contributed by atoms with van der Waals surface area (Å²) in [5.41, 5.74) is 0.443. The van der Waals surface area contributed by atoms with Crippen molar-refractivity contribution >= 4 is 5.97 Å². The molecule has 1 aliphatic heterocycles. The van der Waals surface area contributed by atoms with Gasteiger partial charge >= 0.3 is 5.97 Å². The van der Waals surface area contributed by atoms with Gasteiger partial charge in [0.1, 0.15) is 36.8 Å². The van der Waals surface area contributed by atoms with Gasteiger partial charge in [-0.3, -0.25) is 0 Å². The highest BCUT2D eigenvalue weighted by Gasteiger charge is 2.48. The van der Waals surface area contributed by atoms with Crippen LogP contribution in [-0.2, 0) is 23.7 Å². The summed E-state index contributed by atoms with van der Waals surface area (Å²) in [7, 11) is 7.72.